The van der Waals surface area contributed by atoms with Gasteiger partial charge in [-0.25, -0.2) is 8.42 Å². The van der Waals surface area contributed by atoms with E-state index in [-0.39, 0.29) is 11.8 Å². The molecule has 1 aliphatic rings. The molecule has 0 aliphatic carbocycles. The van der Waals surface area contributed by atoms with Crippen molar-refractivity contribution in [1.82, 2.24) is 5.43 Å². The van der Waals surface area contributed by atoms with Crippen molar-refractivity contribution in [2.24, 2.45) is 11.8 Å². The average molecular weight is 250 g/mol. The summed E-state index contributed by atoms with van der Waals surface area (Å²) in [7, 11) is -2.85. The molecule has 0 saturated carbocycles. The summed E-state index contributed by atoms with van der Waals surface area (Å²) < 4.78 is 27.3. The summed E-state index contributed by atoms with van der Waals surface area (Å²) >= 11 is 0. The van der Waals surface area contributed by atoms with Gasteiger partial charge in [0.15, 0.2) is 0 Å². The van der Waals surface area contributed by atoms with Gasteiger partial charge in [0.1, 0.15) is 9.84 Å². The quantitative estimate of drug-likeness (QED) is 0.515. The smallest absolute Gasteiger partial charge is 0.147 e. The molecular weight excluding hydrogens is 228 g/mol. The van der Waals surface area contributed by atoms with E-state index < -0.39 is 9.84 Å². The lowest BCUT2D eigenvalue weighted by Crippen LogP contribution is -2.43. The number of hydrogen-bond acceptors (Lipinski definition) is 5. The highest BCUT2D eigenvalue weighted by atomic mass is 32.2. The van der Waals surface area contributed by atoms with Gasteiger partial charge in [0.2, 0.25) is 0 Å². The number of hydrogen-bond donors (Lipinski definition) is 2. The Morgan fingerprint density at radius 1 is 1.44 bits per heavy atom. The van der Waals surface area contributed by atoms with Crippen LogP contribution in [0.15, 0.2) is 0 Å². The maximum absolute atomic E-state index is 11.0. The molecule has 16 heavy (non-hydrogen) atoms. The van der Waals surface area contributed by atoms with Crippen LogP contribution in [-0.4, -0.2) is 39.7 Å². The van der Waals surface area contributed by atoms with Gasteiger partial charge in [-0.1, -0.05) is 0 Å². The highest BCUT2D eigenvalue weighted by molar-refractivity contribution is 7.90. The van der Waals surface area contributed by atoms with Crippen LogP contribution in [0.4, 0.5) is 0 Å². The largest absolute Gasteiger partial charge is 0.381 e. The number of ether oxygens (including phenoxy) is 1. The third kappa shape index (κ3) is 5.25. The standard InChI is InChI=1S/C10H22N2O3S/c1-16(13,14)8-2-3-10(12-11)9-4-6-15-7-5-9/h9-10,12H,2-8,11H2,1H3. The molecule has 6 heteroatoms. The van der Waals surface area contributed by atoms with Crippen LogP contribution >= 0.6 is 0 Å². The van der Waals surface area contributed by atoms with Gasteiger partial charge in [0.05, 0.1) is 0 Å². The lowest BCUT2D eigenvalue weighted by atomic mass is 9.89. The molecule has 0 bridgehead atoms. The van der Waals surface area contributed by atoms with Gasteiger partial charge in [0.25, 0.3) is 0 Å². The maximum Gasteiger partial charge on any atom is 0.147 e. The fourth-order valence-electron chi connectivity index (χ4n) is 2.14. The SMILES string of the molecule is CS(=O)(=O)CCCC(NN)C1CCOCC1. The van der Waals surface area contributed by atoms with Crippen molar-refractivity contribution in [3.63, 3.8) is 0 Å². The molecule has 0 aromatic carbocycles. The molecule has 0 amide bonds. The van der Waals surface area contributed by atoms with Gasteiger partial charge in [-0.2, -0.15) is 0 Å². The Morgan fingerprint density at radius 3 is 2.56 bits per heavy atom. The van der Waals surface area contributed by atoms with E-state index in [1.54, 1.807) is 0 Å². The van der Waals surface area contributed by atoms with Gasteiger partial charge in [-0.15, -0.1) is 0 Å². The first-order valence-electron chi connectivity index (χ1n) is 5.74. The van der Waals surface area contributed by atoms with Crippen LogP contribution in [0, 0.1) is 5.92 Å². The van der Waals surface area contributed by atoms with Crippen LogP contribution in [-0.2, 0) is 14.6 Å². The van der Waals surface area contributed by atoms with Crippen LogP contribution in [0.1, 0.15) is 25.7 Å². The van der Waals surface area contributed by atoms with Crippen molar-refractivity contribution in [3.05, 3.63) is 0 Å². The van der Waals surface area contributed by atoms with E-state index in [1.165, 1.54) is 6.26 Å². The summed E-state index contributed by atoms with van der Waals surface area (Å²) in [5.74, 6) is 6.27. The normalized spacial score (nSPS) is 20.9. The zero-order valence-corrected chi connectivity index (χ0v) is 10.6. The Balaban J connectivity index is 2.30. The molecule has 1 fully saturated rings. The second kappa shape index (κ2) is 6.54. The van der Waals surface area contributed by atoms with Gasteiger partial charge in [0, 0.05) is 31.3 Å². The summed E-state index contributed by atoms with van der Waals surface area (Å²) in [6, 6.07) is 0.214. The minimum Gasteiger partial charge on any atom is -0.381 e. The first-order chi connectivity index (χ1) is 7.53. The van der Waals surface area contributed by atoms with Crippen molar-refractivity contribution >= 4 is 9.84 Å². The molecule has 1 heterocycles. The molecule has 0 aromatic rings. The topological polar surface area (TPSA) is 81.4 Å². The van der Waals surface area contributed by atoms with Gasteiger partial charge in [-0.3, -0.25) is 11.3 Å². The Hall–Kier alpha value is -0.170. The molecule has 0 radical (unpaired) electrons. The molecular formula is C10H22N2O3S. The lowest BCUT2D eigenvalue weighted by Gasteiger charge is -2.29. The zero-order chi connectivity index (χ0) is 12.0. The van der Waals surface area contributed by atoms with Crippen LogP contribution < -0.4 is 11.3 Å². The van der Waals surface area contributed by atoms with E-state index in [9.17, 15) is 8.42 Å². The molecule has 0 spiro atoms. The summed E-state index contributed by atoms with van der Waals surface area (Å²) in [6.07, 6.45) is 4.77. The van der Waals surface area contributed by atoms with E-state index in [0.29, 0.717) is 12.3 Å². The zero-order valence-electron chi connectivity index (χ0n) is 9.81. The Morgan fingerprint density at radius 2 is 2.06 bits per heavy atom. The first-order valence-corrected chi connectivity index (χ1v) is 7.80. The lowest BCUT2D eigenvalue weighted by molar-refractivity contribution is 0.0525. The van der Waals surface area contributed by atoms with Gasteiger partial charge >= 0.3 is 0 Å². The van der Waals surface area contributed by atoms with Gasteiger partial charge < -0.3 is 4.74 Å². The van der Waals surface area contributed by atoms with Crippen molar-refractivity contribution in [3.8, 4) is 0 Å². The Kier molecular flexibility index (Phi) is 5.68. The van der Waals surface area contributed by atoms with E-state index in [4.69, 9.17) is 10.6 Å². The average Bonchev–Trinajstić information content (AvgIpc) is 2.24. The summed E-state index contributed by atoms with van der Waals surface area (Å²) in [5.41, 5.74) is 2.81. The predicted octanol–water partition coefficient (Wildman–Crippen LogP) is 0.0697. The van der Waals surface area contributed by atoms with Crippen LogP contribution in [0.25, 0.3) is 0 Å². The van der Waals surface area contributed by atoms with Gasteiger partial charge in [-0.05, 0) is 31.6 Å². The molecule has 1 rings (SSSR count). The van der Waals surface area contributed by atoms with Crippen LogP contribution in [0.2, 0.25) is 0 Å². The minimum atomic E-state index is -2.85. The summed E-state index contributed by atoms with van der Waals surface area (Å²) in [4.78, 5) is 0. The number of sulfone groups is 1. The molecule has 96 valence electrons. The number of hydrazine groups is 1. The summed E-state index contributed by atoms with van der Waals surface area (Å²) in [6.45, 7) is 1.57. The minimum absolute atomic E-state index is 0.214. The molecule has 1 aliphatic heterocycles. The van der Waals surface area contributed by atoms with E-state index in [0.717, 1.165) is 32.5 Å². The maximum atomic E-state index is 11.0. The second-order valence-corrected chi connectivity index (χ2v) is 6.75. The highest BCUT2D eigenvalue weighted by Crippen LogP contribution is 2.21. The third-order valence-corrected chi connectivity index (χ3v) is 4.11. The summed E-state index contributed by atoms with van der Waals surface area (Å²) in [5, 5.41) is 0. The molecule has 0 aromatic heterocycles. The van der Waals surface area contributed by atoms with Crippen LogP contribution in [0.5, 0.6) is 0 Å². The molecule has 1 atom stereocenters. The van der Waals surface area contributed by atoms with Crippen molar-refractivity contribution in [2.75, 3.05) is 25.2 Å². The Bertz CT molecular complexity index is 286. The molecule has 1 unspecified atom stereocenters. The number of nitrogens with one attached hydrogen (secondary N) is 1. The fourth-order valence-corrected chi connectivity index (χ4v) is 2.83. The molecule has 3 N–H and O–H groups in total. The molecule has 1 saturated heterocycles. The highest BCUT2D eigenvalue weighted by Gasteiger charge is 2.22. The van der Waals surface area contributed by atoms with E-state index in [1.807, 2.05) is 0 Å². The third-order valence-electron chi connectivity index (χ3n) is 3.08. The second-order valence-electron chi connectivity index (χ2n) is 4.50. The van der Waals surface area contributed by atoms with Crippen molar-refractivity contribution in [1.29, 1.82) is 0 Å². The van der Waals surface area contributed by atoms with E-state index in [2.05, 4.69) is 5.43 Å². The number of nitrogens with two attached hydrogens (primary N) is 1. The van der Waals surface area contributed by atoms with E-state index >= 15 is 0 Å². The molecule has 5 nitrogen and oxygen atoms in total. The monoisotopic (exact) mass is 250 g/mol. The predicted molar refractivity (Wildman–Crippen MR) is 63.6 cm³/mol. The number of rotatable bonds is 6. The van der Waals surface area contributed by atoms with Crippen LogP contribution in [0.3, 0.4) is 0 Å². The first kappa shape index (κ1) is 13.9. The van der Waals surface area contributed by atoms with Crippen molar-refractivity contribution < 1.29 is 13.2 Å². The Labute approximate surface area is 97.6 Å². The van der Waals surface area contributed by atoms with Crippen molar-refractivity contribution in [2.45, 2.75) is 31.7 Å². The fraction of sp³-hybridized carbons (Fsp3) is 1.00.